The van der Waals surface area contributed by atoms with Crippen molar-refractivity contribution in [3.05, 3.63) is 27.7 Å². The molecule has 0 saturated carbocycles. The van der Waals surface area contributed by atoms with Gasteiger partial charge in [0.25, 0.3) is 0 Å². The van der Waals surface area contributed by atoms with Crippen LogP contribution in [-0.2, 0) is 6.54 Å². The van der Waals surface area contributed by atoms with Gasteiger partial charge in [0, 0.05) is 22.0 Å². The molecule has 0 radical (unpaired) electrons. The molecule has 1 N–H and O–H groups in total. The number of halogens is 1. The van der Waals surface area contributed by atoms with Crippen molar-refractivity contribution in [1.82, 2.24) is 10.5 Å². The second kappa shape index (κ2) is 4.25. The summed E-state index contributed by atoms with van der Waals surface area (Å²) in [5.41, 5.74) is 1.09. The van der Waals surface area contributed by atoms with E-state index in [2.05, 4.69) is 26.4 Å². The Labute approximate surface area is 94.2 Å². The molecule has 0 spiro atoms. The Hall–Kier alpha value is -0.650. The molecule has 2 aromatic heterocycles. The molecule has 0 fully saturated rings. The molecule has 0 saturated heterocycles. The minimum atomic E-state index is 0.772. The van der Waals surface area contributed by atoms with Crippen LogP contribution >= 0.6 is 27.3 Å². The van der Waals surface area contributed by atoms with Crippen molar-refractivity contribution >= 4 is 27.3 Å². The fourth-order valence-electron chi connectivity index (χ4n) is 1.21. The molecule has 14 heavy (non-hydrogen) atoms. The summed E-state index contributed by atoms with van der Waals surface area (Å²) in [7, 11) is 1.90. The van der Waals surface area contributed by atoms with Crippen LogP contribution < -0.4 is 5.32 Å². The summed E-state index contributed by atoms with van der Waals surface area (Å²) in [6.07, 6.45) is 1.75. The predicted molar refractivity (Wildman–Crippen MR) is 60.3 cm³/mol. The van der Waals surface area contributed by atoms with E-state index in [9.17, 15) is 0 Å². The molecule has 2 aromatic rings. The van der Waals surface area contributed by atoms with Crippen molar-refractivity contribution in [3.8, 4) is 10.6 Å². The number of hydrogen-bond acceptors (Lipinski definition) is 4. The van der Waals surface area contributed by atoms with Gasteiger partial charge in [-0.2, -0.15) is 0 Å². The molecule has 2 heterocycles. The quantitative estimate of drug-likeness (QED) is 0.934. The van der Waals surface area contributed by atoms with Gasteiger partial charge in [-0.1, -0.05) is 5.16 Å². The Kier molecular flexibility index (Phi) is 3.00. The molecular weight excluding hydrogens is 264 g/mol. The van der Waals surface area contributed by atoms with Crippen LogP contribution in [0.1, 0.15) is 5.56 Å². The number of nitrogens with one attached hydrogen (secondary N) is 1. The average Bonchev–Trinajstić information content (AvgIpc) is 2.74. The number of hydrogen-bond donors (Lipinski definition) is 1. The van der Waals surface area contributed by atoms with Gasteiger partial charge >= 0.3 is 0 Å². The van der Waals surface area contributed by atoms with E-state index in [0.29, 0.717) is 0 Å². The van der Waals surface area contributed by atoms with E-state index in [1.807, 2.05) is 18.5 Å². The molecule has 0 unspecified atom stereocenters. The van der Waals surface area contributed by atoms with Gasteiger partial charge in [0.15, 0.2) is 5.76 Å². The van der Waals surface area contributed by atoms with E-state index < -0.39 is 0 Å². The van der Waals surface area contributed by atoms with E-state index in [1.165, 1.54) is 0 Å². The Morgan fingerprint density at radius 2 is 2.50 bits per heavy atom. The van der Waals surface area contributed by atoms with E-state index in [1.54, 1.807) is 17.5 Å². The summed E-state index contributed by atoms with van der Waals surface area (Å²) in [6.45, 7) is 0.772. The molecule has 74 valence electrons. The summed E-state index contributed by atoms with van der Waals surface area (Å²) in [6, 6.07) is 2.03. The lowest BCUT2D eigenvalue weighted by molar-refractivity contribution is 0.432. The monoisotopic (exact) mass is 272 g/mol. The lowest BCUT2D eigenvalue weighted by Gasteiger charge is -1.96. The van der Waals surface area contributed by atoms with Gasteiger partial charge < -0.3 is 9.84 Å². The van der Waals surface area contributed by atoms with Gasteiger partial charge in [-0.15, -0.1) is 11.3 Å². The van der Waals surface area contributed by atoms with Gasteiger partial charge in [0.1, 0.15) is 0 Å². The lowest BCUT2D eigenvalue weighted by atomic mass is 10.2. The van der Waals surface area contributed by atoms with Crippen LogP contribution in [-0.4, -0.2) is 12.2 Å². The van der Waals surface area contributed by atoms with Gasteiger partial charge in [-0.25, -0.2) is 0 Å². The van der Waals surface area contributed by atoms with E-state index in [4.69, 9.17) is 4.52 Å². The summed E-state index contributed by atoms with van der Waals surface area (Å²) in [5.74, 6) is 0.857. The summed E-state index contributed by atoms with van der Waals surface area (Å²) >= 11 is 5.05. The lowest BCUT2D eigenvalue weighted by Crippen LogP contribution is -2.04. The van der Waals surface area contributed by atoms with E-state index in [-0.39, 0.29) is 0 Å². The van der Waals surface area contributed by atoms with Crippen LogP contribution in [0.5, 0.6) is 0 Å². The Morgan fingerprint density at radius 3 is 3.14 bits per heavy atom. The molecule has 0 aliphatic heterocycles. The first-order valence-corrected chi connectivity index (χ1v) is 5.81. The summed E-state index contributed by atoms with van der Waals surface area (Å²) in [5, 5.41) is 8.91. The third-order valence-corrected chi connectivity index (χ3v) is 3.49. The predicted octanol–water partition coefficient (Wildman–Crippen LogP) is 2.89. The minimum Gasteiger partial charge on any atom is -0.355 e. The summed E-state index contributed by atoms with van der Waals surface area (Å²) < 4.78 is 6.29. The molecule has 0 amide bonds. The number of nitrogens with zero attached hydrogens (tertiary/aromatic N) is 1. The zero-order valence-electron chi connectivity index (χ0n) is 7.58. The topological polar surface area (TPSA) is 38.1 Å². The van der Waals surface area contributed by atoms with Crippen molar-refractivity contribution in [2.24, 2.45) is 0 Å². The zero-order chi connectivity index (χ0) is 9.97. The Morgan fingerprint density at radius 1 is 1.64 bits per heavy atom. The highest BCUT2D eigenvalue weighted by atomic mass is 79.9. The molecule has 0 atom stereocenters. The van der Waals surface area contributed by atoms with Crippen molar-refractivity contribution in [3.63, 3.8) is 0 Å². The van der Waals surface area contributed by atoms with Crippen molar-refractivity contribution < 1.29 is 4.52 Å². The first-order chi connectivity index (χ1) is 6.81. The smallest absolute Gasteiger partial charge is 0.181 e. The van der Waals surface area contributed by atoms with E-state index in [0.717, 1.165) is 27.2 Å². The third-order valence-electron chi connectivity index (χ3n) is 1.80. The SMILES string of the molecule is CNCc1cnoc1-c1cc(Br)cs1. The van der Waals surface area contributed by atoms with Crippen LogP contribution in [0.2, 0.25) is 0 Å². The van der Waals surface area contributed by atoms with Crippen molar-refractivity contribution in [2.45, 2.75) is 6.54 Å². The molecule has 3 nitrogen and oxygen atoms in total. The van der Waals surface area contributed by atoms with Gasteiger partial charge in [0.2, 0.25) is 0 Å². The highest BCUT2D eigenvalue weighted by Gasteiger charge is 2.11. The molecule has 0 bridgehead atoms. The maximum absolute atomic E-state index is 5.22. The highest BCUT2D eigenvalue weighted by molar-refractivity contribution is 9.10. The van der Waals surface area contributed by atoms with Crippen LogP contribution in [0, 0.1) is 0 Å². The molecule has 0 aliphatic carbocycles. The first kappa shape index (κ1) is 9.89. The molecule has 0 aromatic carbocycles. The van der Waals surface area contributed by atoms with Gasteiger partial charge in [0.05, 0.1) is 11.1 Å². The number of thiophene rings is 1. The molecular formula is C9H9BrN2OS. The van der Waals surface area contributed by atoms with Crippen molar-refractivity contribution in [2.75, 3.05) is 7.05 Å². The maximum Gasteiger partial charge on any atom is 0.181 e. The number of rotatable bonds is 3. The second-order valence-corrected chi connectivity index (χ2v) is 4.67. The van der Waals surface area contributed by atoms with Crippen LogP contribution in [0.15, 0.2) is 26.6 Å². The fourth-order valence-corrected chi connectivity index (χ4v) is 2.65. The van der Waals surface area contributed by atoms with Gasteiger partial charge in [-0.05, 0) is 29.0 Å². The standard InChI is InChI=1S/C9H9BrN2OS/c1-11-3-6-4-12-13-9(6)8-2-7(10)5-14-8/h2,4-5,11H,3H2,1H3. The Balaban J connectivity index is 2.36. The van der Waals surface area contributed by atoms with Crippen LogP contribution in [0.25, 0.3) is 10.6 Å². The van der Waals surface area contributed by atoms with Crippen molar-refractivity contribution in [1.29, 1.82) is 0 Å². The fraction of sp³-hybridized carbons (Fsp3) is 0.222. The molecule has 2 rings (SSSR count). The minimum absolute atomic E-state index is 0.772. The number of aromatic nitrogens is 1. The van der Waals surface area contributed by atoms with Crippen LogP contribution in [0.3, 0.4) is 0 Å². The van der Waals surface area contributed by atoms with Gasteiger partial charge in [-0.3, -0.25) is 0 Å². The average molecular weight is 273 g/mol. The summed E-state index contributed by atoms with van der Waals surface area (Å²) in [4.78, 5) is 1.10. The normalized spacial score (nSPS) is 10.7. The highest BCUT2D eigenvalue weighted by Crippen LogP contribution is 2.31. The zero-order valence-corrected chi connectivity index (χ0v) is 9.98. The van der Waals surface area contributed by atoms with Crippen LogP contribution in [0.4, 0.5) is 0 Å². The maximum atomic E-state index is 5.22. The largest absolute Gasteiger partial charge is 0.355 e. The third kappa shape index (κ3) is 1.89. The molecule has 0 aliphatic rings. The Bertz CT molecular complexity index is 424. The second-order valence-electron chi connectivity index (χ2n) is 2.84. The first-order valence-electron chi connectivity index (χ1n) is 4.14. The van der Waals surface area contributed by atoms with E-state index >= 15 is 0 Å². The molecule has 5 heteroatoms.